The summed E-state index contributed by atoms with van der Waals surface area (Å²) in [6.45, 7) is 4.01. The van der Waals surface area contributed by atoms with E-state index < -0.39 is 0 Å². The molecule has 0 spiro atoms. The van der Waals surface area contributed by atoms with Gasteiger partial charge in [0.2, 0.25) is 0 Å². The van der Waals surface area contributed by atoms with Crippen molar-refractivity contribution in [2.75, 3.05) is 0 Å². The number of halogens is 1. The van der Waals surface area contributed by atoms with E-state index in [1.54, 1.807) is 0 Å². The Balaban J connectivity index is 2.08. The van der Waals surface area contributed by atoms with Crippen LogP contribution in [0.15, 0.2) is 48.5 Å². The maximum atomic E-state index is 6.10. The quantitative estimate of drug-likeness (QED) is 0.605. The molecule has 0 atom stereocenters. The van der Waals surface area contributed by atoms with Gasteiger partial charge in [-0.15, -0.1) is 11.6 Å². The van der Waals surface area contributed by atoms with Crippen molar-refractivity contribution in [1.82, 2.24) is 4.98 Å². The Hall–Kier alpha value is -2.06. The van der Waals surface area contributed by atoms with Gasteiger partial charge in [0, 0.05) is 17.0 Å². The monoisotopic (exact) mass is 297 g/mol. The molecule has 106 valence electrons. The van der Waals surface area contributed by atoms with Gasteiger partial charge in [0.1, 0.15) is 11.3 Å². The minimum Gasteiger partial charge on any atom is -0.455 e. The smallest absolute Gasteiger partial charge is 0.153 e. The van der Waals surface area contributed by atoms with Crippen LogP contribution in [0.3, 0.4) is 0 Å². The van der Waals surface area contributed by atoms with Crippen molar-refractivity contribution in [3.05, 3.63) is 65.4 Å². The summed E-state index contributed by atoms with van der Waals surface area (Å²) in [5.74, 6) is 2.07. The van der Waals surface area contributed by atoms with E-state index in [0.29, 0.717) is 5.88 Å². The molecule has 0 aliphatic rings. The molecule has 0 saturated heterocycles. The first-order valence-electron chi connectivity index (χ1n) is 6.87. The third-order valence-electron chi connectivity index (χ3n) is 3.45. The van der Waals surface area contributed by atoms with Crippen LogP contribution >= 0.6 is 11.6 Å². The van der Waals surface area contributed by atoms with Crippen LogP contribution in [0.4, 0.5) is 0 Å². The summed E-state index contributed by atoms with van der Waals surface area (Å²) in [4.78, 5) is 4.59. The predicted octanol–water partition coefficient (Wildman–Crippen LogP) is 5.38. The molecule has 2 aromatic carbocycles. The van der Waals surface area contributed by atoms with Crippen molar-refractivity contribution in [2.24, 2.45) is 0 Å². The topological polar surface area (TPSA) is 22.1 Å². The lowest BCUT2D eigenvalue weighted by Gasteiger charge is -2.12. The molecule has 0 radical (unpaired) electrons. The van der Waals surface area contributed by atoms with Gasteiger partial charge in [0.15, 0.2) is 5.75 Å². The largest absolute Gasteiger partial charge is 0.455 e. The van der Waals surface area contributed by atoms with Gasteiger partial charge in [-0.05, 0) is 43.2 Å². The summed E-state index contributed by atoms with van der Waals surface area (Å²) in [6.07, 6.45) is 0. The van der Waals surface area contributed by atoms with Crippen LogP contribution in [0.1, 0.15) is 16.8 Å². The standard InChI is InChI=1S/C18H16ClNO/c1-12-6-8-14(11-19)10-17(12)21-16-5-3-4-15-9-7-13(2)20-18(15)16/h3-10H,11H2,1-2H3. The van der Waals surface area contributed by atoms with Gasteiger partial charge in [0.05, 0.1) is 0 Å². The fourth-order valence-electron chi connectivity index (χ4n) is 2.26. The molecule has 1 aromatic heterocycles. The van der Waals surface area contributed by atoms with Crippen LogP contribution < -0.4 is 4.74 Å². The number of fused-ring (bicyclic) bond motifs is 1. The number of alkyl halides is 1. The molecule has 0 fully saturated rings. The summed E-state index contributed by atoms with van der Waals surface area (Å²) in [5.41, 5.74) is 3.98. The van der Waals surface area contributed by atoms with E-state index in [0.717, 1.165) is 39.2 Å². The van der Waals surface area contributed by atoms with Crippen molar-refractivity contribution in [3.8, 4) is 11.5 Å². The Morgan fingerprint density at radius 2 is 1.86 bits per heavy atom. The van der Waals surface area contributed by atoms with E-state index in [4.69, 9.17) is 16.3 Å². The SMILES string of the molecule is Cc1ccc2cccc(Oc3cc(CCl)ccc3C)c2n1. The van der Waals surface area contributed by atoms with Crippen molar-refractivity contribution >= 4 is 22.5 Å². The van der Waals surface area contributed by atoms with E-state index in [1.807, 2.05) is 56.3 Å². The number of rotatable bonds is 3. The summed E-state index contributed by atoms with van der Waals surface area (Å²) in [6, 6.07) is 16.1. The maximum absolute atomic E-state index is 6.10. The highest BCUT2D eigenvalue weighted by Gasteiger charge is 2.08. The van der Waals surface area contributed by atoms with Crippen molar-refractivity contribution < 1.29 is 4.74 Å². The number of para-hydroxylation sites is 1. The molecule has 3 aromatic rings. The molecule has 0 aliphatic heterocycles. The van der Waals surface area contributed by atoms with Gasteiger partial charge < -0.3 is 4.74 Å². The third-order valence-corrected chi connectivity index (χ3v) is 3.76. The Bertz CT molecular complexity index is 798. The molecule has 3 heteroatoms. The number of hydrogen-bond donors (Lipinski definition) is 0. The molecular weight excluding hydrogens is 282 g/mol. The fraction of sp³-hybridized carbons (Fsp3) is 0.167. The number of nitrogens with zero attached hydrogens (tertiary/aromatic N) is 1. The summed E-state index contributed by atoms with van der Waals surface area (Å²) in [7, 11) is 0. The van der Waals surface area contributed by atoms with E-state index in [1.165, 1.54) is 0 Å². The Morgan fingerprint density at radius 1 is 1.00 bits per heavy atom. The lowest BCUT2D eigenvalue weighted by atomic mass is 10.1. The number of ether oxygens (including phenoxy) is 1. The first kappa shape index (κ1) is 13.9. The highest BCUT2D eigenvalue weighted by Crippen LogP contribution is 2.31. The van der Waals surface area contributed by atoms with E-state index in [2.05, 4.69) is 11.1 Å². The van der Waals surface area contributed by atoms with E-state index in [-0.39, 0.29) is 0 Å². The summed E-state index contributed by atoms with van der Waals surface area (Å²) in [5, 5.41) is 1.07. The van der Waals surface area contributed by atoms with Gasteiger partial charge in [-0.1, -0.05) is 30.3 Å². The fourth-order valence-corrected chi connectivity index (χ4v) is 2.42. The highest BCUT2D eigenvalue weighted by atomic mass is 35.5. The van der Waals surface area contributed by atoms with Crippen LogP contribution in [0.2, 0.25) is 0 Å². The molecule has 0 aliphatic carbocycles. The van der Waals surface area contributed by atoms with Crippen LogP contribution in [0.5, 0.6) is 11.5 Å². The van der Waals surface area contributed by atoms with Gasteiger partial charge in [0.25, 0.3) is 0 Å². The molecule has 21 heavy (non-hydrogen) atoms. The van der Waals surface area contributed by atoms with E-state index in [9.17, 15) is 0 Å². The zero-order chi connectivity index (χ0) is 14.8. The average Bonchev–Trinajstić information content (AvgIpc) is 2.50. The number of benzene rings is 2. The van der Waals surface area contributed by atoms with Crippen LogP contribution in [0, 0.1) is 13.8 Å². The molecule has 0 amide bonds. The molecular formula is C18H16ClNO. The van der Waals surface area contributed by atoms with E-state index >= 15 is 0 Å². The third kappa shape index (κ3) is 2.86. The second-order valence-electron chi connectivity index (χ2n) is 5.12. The second-order valence-corrected chi connectivity index (χ2v) is 5.38. The first-order chi connectivity index (χ1) is 10.2. The number of aromatic nitrogens is 1. The predicted molar refractivity (Wildman–Crippen MR) is 87.3 cm³/mol. The van der Waals surface area contributed by atoms with Crippen LogP contribution in [-0.2, 0) is 5.88 Å². The molecule has 1 heterocycles. The molecule has 3 rings (SSSR count). The Labute approximate surface area is 129 Å². The molecule has 2 nitrogen and oxygen atoms in total. The molecule has 0 saturated carbocycles. The summed E-state index contributed by atoms with van der Waals surface area (Å²) < 4.78 is 6.10. The van der Waals surface area contributed by atoms with Gasteiger partial charge >= 0.3 is 0 Å². The maximum Gasteiger partial charge on any atom is 0.153 e. The zero-order valence-corrected chi connectivity index (χ0v) is 12.8. The number of hydrogen-bond acceptors (Lipinski definition) is 2. The minimum atomic E-state index is 0.476. The number of pyridine rings is 1. The summed E-state index contributed by atoms with van der Waals surface area (Å²) >= 11 is 5.90. The van der Waals surface area contributed by atoms with Crippen molar-refractivity contribution in [2.45, 2.75) is 19.7 Å². The van der Waals surface area contributed by atoms with Gasteiger partial charge in [-0.2, -0.15) is 0 Å². The van der Waals surface area contributed by atoms with Crippen molar-refractivity contribution in [1.29, 1.82) is 0 Å². The van der Waals surface area contributed by atoms with Crippen LogP contribution in [-0.4, -0.2) is 4.98 Å². The Kier molecular flexibility index (Phi) is 3.80. The average molecular weight is 298 g/mol. The normalized spacial score (nSPS) is 10.8. The molecule has 0 unspecified atom stereocenters. The van der Waals surface area contributed by atoms with Gasteiger partial charge in [-0.25, -0.2) is 4.98 Å². The Morgan fingerprint density at radius 3 is 2.67 bits per heavy atom. The second kappa shape index (κ2) is 5.74. The van der Waals surface area contributed by atoms with Crippen molar-refractivity contribution in [3.63, 3.8) is 0 Å². The number of aryl methyl sites for hydroxylation is 2. The van der Waals surface area contributed by atoms with Gasteiger partial charge in [-0.3, -0.25) is 0 Å². The first-order valence-corrected chi connectivity index (χ1v) is 7.40. The lowest BCUT2D eigenvalue weighted by molar-refractivity contribution is 0.483. The zero-order valence-electron chi connectivity index (χ0n) is 12.1. The van der Waals surface area contributed by atoms with Crippen LogP contribution in [0.25, 0.3) is 10.9 Å². The molecule has 0 bridgehead atoms. The lowest BCUT2D eigenvalue weighted by Crippen LogP contribution is -1.92. The minimum absolute atomic E-state index is 0.476. The highest BCUT2D eigenvalue weighted by molar-refractivity contribution is 6.17. The molecule has 0 N–H and O–H groups in total.